The number of rotatable bonds is 13. The van der Waals surface area contributed by atoms with E-state index in [0.29, 0.717) is 5.69 Å². The van der Waals surface area contributed by atoms with Gasteiger partial charge in [0.1, 0.15) is 12.6 Å². The van der Waals surface area contributed by atoms with E-state index in [2.05, 4.69) is 21.2 Å². The van der Waals surface area contributed by atoms with E-state index in [1.165, 1.54) is 4.90 Å². The van der Waals surface area contributed by atoms with Gasteiger partial charge in [0.25, 0.3) is 0 Å². The summed E-state index contributed by atoms with van der Waals surface area (Å²) in [5.41, 5.74) is 2.99. The van der Waals surface area contributed by atoms with Gasteiger partial charge in [-0.15, -0.1) is 0 Å². The van der Waals surface area contributed by atoms with E-state index in [-0.39, 0.29) is 30.8 Å². The van der Waals surface area contributed by atoms with E-state index >= 15 is 0 Å². The van der Waals surface area contributed by atoms with Crippen LogP contribution in [0.4, 0.5) is 5.69 Å². The molecule has 1 N–H and O–H groups in total. The largest absolute Gasteiger partial charge is 0.352 e. The Bertz CT molecular complexity index is 1430. The number of para-hydroxylation sites is 1. The Morgan fingerprint density at radius 3 is 2.15 bits per heavy atom. The van der Waals surface area contributed by atoms with Crippen LogP contribution in [0.5, 0.6) is 0 Å². The highest BCUT2D eigenvalue weighted by atomic mass is 79.9. The molecule has 0 spiro atoms. The highest BCUT2D eigenvalue weighted by Crippen LogP contribution is 2.29. The number of hydrogen-bond donors (Lipinski definition) is 1. The average Bonchev–Trinajstić information content (AvgIpc) is 2.93. The molecule has 0 fully saturated rings. The predicted octanol–water partition coefficient (Wildman–Crippen LogP) is 5.89. The van der Waals surface area contributed by atoms with E-state index in [9.17, 15) is 18.0 Å². The summed E-state index contributed by atoms with van der Waals surface area (Å²) in [6.45, 7) is 7.57. The molecule has 0 radical (unpaired) electrons. The fourth-order valence-electron chi connectivity index (χ4n) is 4.62. The fourth-order valence-corrected chi connectivity index (χ4v) is 5.94. The first-order valence-electron chi connectivity index (χ1n) is 13.9. The van der Waals surface area contributed by atoms with Gasteiger partial charge in [-0.3, -0.25) is 13.9 Å². The number of benzene rings is 3. The van der Waals surface area contributed by atoms with Crippen molar-refractivity contribution in [1.82, 2.24) is 10.2 Å². The van der Waals surface area contributed by atoms with E-state index in [4.69, 9.17) is 0 Å². The maximum absolute atomic E-state index is 14.3. The Hall–Kier alpha value is -3.17. The molecule has 0 aromatic heterocycles. The standard InChI is InChI=1S/C32H40BrN3O4S/c1-6-24(4)34-32(38)30(20-25-13-8-7-9-14-25)35(21-26-15-12-16-27(33)19-26)31(37)22-36(41(5,39)40)29-18-11-10-17-28(29)23(2)3/h7-19,23-24,30H,6,20-22H2,1-5H3,(H,34,38)/t24-,30+/m1/s1. The van der Waals surface area contributed by atoms with Crippen LogP contribution in [0.15, 0.2) is 83.3 Å². The summed E-state index contributed by atoms with van der Waals surface area (Å²) >= 11 is 3.50. The molecular weight excluding hydrogens is 602 g/mol. The third-order valence-electron chi connectivity index (χ3n) is 7.02. The highest BCUT2D eigenvalue weighted by molar-refractivity contribution is 9.10. The molecular formula is C32H40BrN3O4S. The van der Waals surface area contributed by atoms with Gasteiger partial charge in [0.05, 0.1) is 11.9 Å². The second-order valence-electron chi connectivity index (χ2n) is 10.7. The van der Waals surface area contributed by atoms with Crippen LogP contribution in [-0.4, -0.2) is 50.0 Å². The number of carbonyl (C=O) groups excluding carboxylic acids is 2. The van der Waals surface area contributed by atoms with Crippen molar-refractivity contribution in [2.24, 2.45) is 0 Å². The quantitative estimate of drug-likeness (QED) is 0.252. The monoisotopic (exact) mass is 641 g/mol. The van der Waals surface area contributed by atoms with Crippen LogP contribution in [0.3, 0.4) is 0 Å². The number of anilines is 1. The molecule has 220 valence electrons. The molecule has 2 atom stereocenters. The minimum absolute atomic E-state index is 0.0375. The third kappa shape index (κ3) is 9.16. The van der Waals surface area contributed by atoms with Crippen molar-refractivity contribution in [3.63, 3.8) is 0 Å². The summed E-state index contributed by atoms with van der Waals surface area (Å²) in [6.07, 6.45) is 2.12. The minimum atomic E-state index is -3.83. The lowest BCUT2D eigenvalue weighted by atomic mass is 10.0. The van der Waals surface area contributed by atoms with Gasteiger partial charge >= 0.3 is 0 Å². The first-order chi connectivity index (χ1) is 19.4. The lowest BCUT2D eigenvalue weighted by Gasteiger charge is -2.34. The van der Waals surface area contributed by atoms with Gasteiger partial charge in [0.2, 0.25) is 21.8 Å². The molecule has 0 aliphatic carbocycles. The Morgan fingerprint density at radius 2 is 1.54 bits per heavy atom. The zero-order valence-corrected chi connectivity index (χ0v) is 26.8. The number of amides is 2. The summed E-state index contributed by atoms with van der Waals surface area (Å²) < 4.78 is 28.2. The van der Waals surface area contributed by atoms with Crippen molar-refractivity contribution in [2.45, 2.75) is 65.1 Å². The number of nitrogens with zero attached hydrogens (tertiary/aromatic N) is 2. The fraction of sp³-hybridized carbons (Fsp3) is 0.375. The molecule has 2 amide bonds. The molecule has 0 aliphatic heterocycles. The molecule has 3 aromatic rings. The van der Waals surface area contributed by atoms with Gasteiger partial charge in [-0.1, -0.05) is 97.4 Å². The molecule has 7 nitrogen and oxygen atoms in total. The maximum atomic E-state index is 14.3. The molecule has 9 heteroatoms. The van der Waals surface area contributed by atoms with E-state index in [1.54, 1.807) is 12.1 Å². The molecule has 0 unspecified atom stereocenters. The Morgan fingerprint density at radius 1 is 0.902 bits per heavy atom. The first-order valence-corrected chi connectivity index (χ1v) is 16.5. The summed E-state index contributed by atoms with van der Waals surface area (Å²) in [5, 5.41) is 3.05. The van der Waals surface area contributed by atoms with E-state index < -0.39 is 28.5 Å². The average molecular weight is 643 g/mol. The lowest BCUT2D eigenvalue weighted by Crippen LogP contribution is -2.54. The second-order valence-corrected chi connectivity index (χ2v) is 13.5. The highest BCUT2D eigenvalue weighted by Gasteiger charge is 2.34. The molecule has 0 aliphatic rings. The summed E-state index contributed by atoms with van der Waals surface area (Å²) in [5.74, 6) is -0.704. The molecule has 41 heavy (non-hydrogen) atoms. The lowest BCUT2D eigenvalue weighted by molar-refractivity contribution is -0.140. The number of hydrogen-bond acceptors (Lipinski definition) is 4. The maximum Gasteiger partial charge on any atom is 0.244 e. The molecule has 0 heterocycles. The smallest absolute Gasteiger partial charge is 0.244 e. The van der Waals surface area contributed by atoms with Crippen molar-refractivity contribution in [3.8, 4) is 0 Å². The van der Waals surface area contributed by atoms with E-state index in [0.717, 1.165) is 38.1 Å². The van der Waals surface area contributed by atoms with Crippen LogP contribution in [0.25, 0.3) is 0 Å². The SMILES string of the molecule is CC[C@@H](C)NC(=O)[C@H](Cc1ccccc1)N(Cc1cccc(Br)c1)C(=O)CN(c1ccccc1C(C)C)S(C)(=O)=O. The van der Waals surface area contributed by atoms with Gasteiger partial charge in [-0.25, -0.2) is 8.42 Å². The zero-order chi connectivity index (χ0) is 30.2. The Balaban J connectivity index is 2.10. The third-order valence-corrected chi connectivity index (χ3v) is 8.64. The summed E-state index contributed by atoms with van der Waals surface area (Å²) in [7, 11) is -3.83. The summed E-state index contributed by atoms with van der Waals surface area (Å²) in [4.78, 5) is 29.6. The molecule has 0 bridgehead atoms. The van der Waals surface area contributed by atoms with Crippen molar-refractivity contribution < 1.29 is 18.0 Å². The summed E-state index contributed by atoms with van der Waals surface area (Å²) in [6, 6.07) is 23.4. The van der Waals surface area contributed by atoms with Gasteiger partial charge in [-0.2, -0.15) is 0 Å². The van der Waals surface area contributed by atoms with Gasteiger partial charge < -0.3 is 10.2 Å². The van der Waals surface area contributed by atoms with Crippen LogP contribution < -0.4 is 9.62 Å². The van der Waals surface area contributed by atoms with Crippen molar-refractivity contribution in [1.29, 1.82) is 0 Å². The topological polar surface area (TPSA) is 86.8 Å². The molecule has 3 rings (SSSR count). The molecule has 3 aromatic carbocycles. The first kappa shape index (κ1) is 32.3. The van der Waals surface area contributed by atoms with Crippen molar-refractivity contribution in [2.75, 3.05) is 17.1 Å². The van der Waals surface area contributed by atoms with Crippen LogP contribution in [0, 0.1) is 0 Å². The molecule has 0 saturated carbocycles. The predicted molar refractivity (Wildman–Crippen MR) is 169 cm³/mol. The minimum Gasteiger partial charge on any atom is -0.352 e. The van der Waals surface area contributed by atoms with Gasteiger partial charge in [-0.05, 0) is 54.2 Å². The number of halogens is 1. The van der Waals surface area contributed by atoms with Crippen molar-refractivity contribution >= 4 is 43.5 Å². The zero-order valence-electron chi connectivity index (χ0n) is 24.4. The normalized spacial score (nSPS) is 13.0. The Labute approximate surface area is 253 Å². The van der Waals surface area contributed by atoms with Crippen LogP contribution >= 0.6 is 15.9 Å². The molecule has 0 saturated heterocycles. The number of carbonyl (C=O) groups is 2. The van der Waals surface area contributed by atoms with Gasteiger partial charge in [0.15, 0.2) is 0 Å². The van der Waals surface area contributed by atoms with Crippen LogP contribution in [-0.2, 0) is 32.6 Å². The Kier molecular flexibility index (Phi) is 11.5. The number of nitrogens with one attached hydrogen (secondary N) is 1. The van der Waals surface area contributed by atoms with E-state index in [1.807, 2.05) is 94.4 Å². The van der Waals surface area contributed by atoms with Crippen LogP contribution in [0.2, 0.25) is 0 Å². The second kappa shape index (κ2) is 14.6. The van der Waals surface area contributed by atoms with Crippen molar-refractivity contribution in [3.05, 3.63) is 100 Å². The van der Waals surface area contributed by atoms with Crippen LogP contribution in [0.1, 0.15) is 56.7 Å². The number of sulfonamides is 1. The van der Waals surface area contributed by atoms with Gasteiger partial charge in [0, 0.05) is 23.5 Å².